The highest BCUT2D eigenvalue weighted by Gasteiger charge is 2.27. The fourth-order valence-corrected chi connectivity index (χ4v) is 4.60. The Morgan fingerprint density at radius 2 is 1.93 bits per heavy atom. The third kappa shape index (κ3) is 7.90. The smallest absolute Gasteiger partial charge is 0.311 e. The zero-order valence-corrected chi connectivity index (χ0v) is 23.5. The molecule has 11 heteroatoms. The second-order valence-electron chi connectivity index (χ2n) is 10.6. The molecule has 1 atom stereocenters. The number of hydrogen-bond donors (Lipinski definition) is 2. The van der Waals surface area contributed by atoms with Gasteiger partial charge in [0.15, 0.2) is 0 Å². The maximum Gasteiger partial charge on any atom is 0.311 e. The lowest BCUT2D eigenvalue weighted by Gasteiger charge is -2.25. The van der Waals surface area contributed by atoms with Gasteiger partial charge >= 0.3 is 5.69 Å². The Kier molecular flexibility index (Phi) is 9.85. The van der Waals surface area contributed by atoms with E-state index in [4.69, 9.17) is 4.74 Å². The van der Waals surface area contributed by atoms with Crippen LogP contribution in [-0.2, 0) is 22.4 Å². The van der Waals surface area contributed by atoms with Crippen LogP contribution in [0.2, 0.25) is 0 Å². The first-order valence-corrected chi connectivity index (χ1v) is 13.8. The number of nitrogens with zero attached hydrogens (tertiary/aromatic N) is 2. The van der Waals surface area contributed by atoms with Crippen LogP contribution in [-0.4, -0.2) is 53.2 Å². The zero-order chi connectivity index (χ0) is 30.2. The van der Waals surface area contributed by atoms with E-state index in [1.807, 2.05) is 13.8 Å². The molecule has 0 saturated heterocycles. The fraction of sp³-hybridized carbons (Fsp3) is 0.323. The van der Waals surface area contributed by atoms with Crippen molar-refractivity contribution in [3.63, 3.8) is 0 Å². The van der Waals surface area contributed by atoms with E-state index in [0.717, 1.165) is 6.42 Å². The number of ether oxygens (including phenoxy) is 1. The van der Waals surface area contributed by atoms with Gasteiger partial charge in [0.1, 0.15) is 17.6 Å². The lowest BCUT2D eigenvalue weighted by molar-refractivity contribution is -0.385. The Bertz CT molecular complexity index is 1480. The van der Waals surface area contributed by atoms with E-state index in [0.29, 0.717) is 23.6 Å². The molecule has 4 bridgehead atoms. The van der Waals surface area contributed by atoms with Gasteiger partial charge in [-0.2, -0.15) is 0 Å². The van der Waals surface area contributed by atoms with Gasteiger partial charge in [-0.3, -0.25) is 24.5 Å². The largest absolute Gasteiger partial charge is 0.450 e. The first kappa shape index (κ1) is 30.2. The summed E-state index contributed by atoms with van der Waals surface area (Å²) in [5, 5.41) is 17.4. The van der Waals surface area contributed by atoms with Crippen LogP contribution < -0.4 is 15.4 Å². The molecule has 10 nitrogen and oxygen atoms in total. The summed E-state index contributed by atoms with van der Waals surface area (Å²) in [7, 11) is 0. The topological polar surface area (TPSA) is 131 Å². The fourth-order valence-electron chi connectivity index (χ4n) is 4.60. The van der Waals surface area contributed by atoms with Crippen molar-refractivity contribution in [2.24, 2.45) is 5.92 Å². The lowest BCUT2D eigenvalue weighted by atomic mass is 10.0. The number of carbonyl (C=O) groups excluding carboxylic acids is 3. The maximum atomic E-state index is 14.3. The standard InChI is InChI=1S/C31H33FN4O6/c1-20(2)12-14-33-30(38)26-17-21-6-5-8-24(16-21)42-28-18-23(10-11-27(28)36(40)41)31(39)35(19-29(37)34-26)15-13-22-7-3-4-9-25(22)32/h3-11,16,18,20,26H,12-15,17,19H2,1-2H3,(H,33,38)(H,34,37). The van der Waals surface area contributed by atoms with Gasteiger partial charge < -0.3 is 20.3 Å². The number of hydrogen-bond acceptors (Lipinski definition) is 6. The van der Waals surface area contributed by atoms with Crippen LogP contribution in [0.4, 0.5) is 10.1 Å². The predicted molar refractivity (Wildman–Crippen MR) is 154 cm³/mol. The number of fused-ring (bicyclic) bond motifs is 4. The second-order valence-corrected chi connectivity index (χ2v) is 10.6. The highest BCUT2D eigenvalue weighted by molar-refractivity contribution is 5.98. The summed E-state index contributed by atoms with van der Waals surface area (Å²) in [6.45, 7) is 4.06. The third-order valence-corrected chi connectivity index (χ3v) is 6.87. The van der Waals surface area contributed by atoms with E-state index in [2.05, 4.69) is 10.6 Å². The van der Waals surface area contributed by atoms with Crippen molar-refractivity contribution in [1.82, 2.24) is 15.5 Å². The van der Waals surface area contributed by atoms with Crippen molar-refractivity contribution in [1.29, 1.82) is 0 Å². The molecule has 0 spiro atoms. The molecule has 2 N–H and O–H groups in total. The van der Waals surface area contributed by atoms with E-state index in [-0.39, 0.29) is 48.0 Å². The molecule has 1 aliphatic rings. The minimum Gasteiger partial charge on any atom is -0.450 e. The van der Waals surface area contributed by atoms with E-state index >= 15 is 0 Å². The highest BCUT2D eigenvalue weighted by atomic mass is 19.1. The maximum absolute atomic E-state index is 14.3. The summed E-state index contributed by atoms with van der Waals surface area (Å²) >= 11 is 0. The van der Waals surface area contributed by atoms with Crippen LogP contribution in [0.25, 0.3) is 0 Å². The molecule has 0 saturated carbocycles. The molecule has 1 unspecified atom stereocenters. The zero-order valence-electron chi connectivity index (χ0n) is 23.5. The summed E-state index contributed by atoms with van der Waals surface area (Å²) < 4.78 is 20.2. The molecule has 0 fully saturated rings. The molecule has 3 amide bonds. The van der Waals surface area contributed by atoms with Crippen molar-refractivity contribution in [2.45, 2.75) is 39.2 Å². The number of nitrogens with one attached hydrogen (secondary N) is 2. The Balaban J connectivity index is 1.71. The van der Waals surface area contributed by atoms with Crippen LogP contribution in [0.5, 0.6) is 11.5 Å². The van der Waals surface area contributed by atoms with Crippen molar-refractivity contribution >= 4 is 23.4 Å². The monoisotopic (exact) mass is 576 g/mol. The minimum atomic E-state index is -0.960. The van der Waals surface area contributed by atoms with Crippen LogP contribution in [0, 0.1) is 21.8 Å². The molecule has 0 aliphatic carbocycles. The molecule has 3 aromatic carbocycles. The first-order valence-electron chi connectivity index (χ1n) is 13.8. The van der Waals surface area contributed by atoms with Gasteiger partial charge in [0.25, 0.3) is 5.91 Å². The third-order valence-electron chi connectivity index (χ3n) is 6.87. The SMILES string of the molecule is CC(C)CCNC(=O)C1Cc2cccc(c2)Oc2cc(ccc2[N+](=O)[O-])C(=O)N(CCc2ccccc2F)CC(=O)N1. The normalized spacial score (nSPS) is 15.4. The molecular formula is C31H33FN4O6. The van der Waals surface area contributed by atoms with Crippen molar-refractivity contribution < 1.29 is 28.4 Å². The van der Waals surface area contributed by atoms with Crippen LogP contribution >= 0.6 is 0 Å². The number of nitro groups is 1. The Morgan fingerprint density at radius 3 is 2.67 bits per heavy atom. The number of carbonyl (C=O) groups is 3. The Hall–Kier alpha value is -4.80. The molecule has 1 aliphatic heterocycles. The first-order chi connectivity index (χ1) is 20.1. The molecule has 1 heterocycles. The van der Waals surface area contributed by atoms with Gasteiger partial charge in [0.05, 0.1) is 11.5 Å². The van der Waals surface area contributed by atoms with Gasteiger partial charge in [-0.25, -0.2) is 4.39 Å². The molecule has 220 valence electrons. The molecule has 0 aromatic heterocycles. The van der Waals surface area contributed by atoms with Crippen LogP contribution in [0.15, 0.2) is 66.7 Å². The number of nitro benzene ring substituents is 1. The van der Waals surface area contributed by atoms with Crippen molar-refractivity contribution in [3.8, 4) is 11.5 Å². The lowest BCUT2D eigenvalue weighted by Crippen LogP contribution is -2.51. The summed E-state index contributed by atoms with van der Waals surface area (Å²) in [5.74, 6) is -1.53. The molecule has 3 aromatic rings. The quantitative estimate of drug-likeness (QED) is 0.302. The van der Waals surface area contributed by atoms with Gasteiger partial charge in [-0.05, 0) is 54.2 Å². The Morgan fingerprint density at radius 1 is 1.14 bits per heavy atom. The number of halogens is 1. The summed E-state index contributed by atoms with van der Waals surface area (Å²) in [6.07, 6.45) is 0.984. The predicted octanol–water partition coefficient (Wildman–Crippen LogP) is 4.41. The van der Waals surface area contributed by atoms with E-state index in [9.17, 15) is 28.9 Å². The number of benzene rings is 3. The molecule has 42 heavy (non-hydrogen) atoms. The number of rotatable bonds is 8. The Labute approximate surface area is 243 Å². The highest BCUT2D eigenvalue weighted by Crippen LogP contribution is 2.33. The van der Waals surface area contributed by atoms with E-state index < -0.39 is 35.1 Å². The van der Waals surface area contributed by atoms with Gasteiger partial charge in [0, 0.05) is 37.2 Å². The average Bonchev–Trinajstić information content (AvgIpc) is 2.94. The molecule has 4 rings (SSSR count). The summed E-state index contributed by atoms with van der Waals surface area (Å²) in [4.78, 5) is 52.5. The van der Waals surface area contributed by atoms with Crippen molar-refractivity contribution in [2.75, 3.05) is 19.6 Å². The summed E-state index contributed by atoms with van der Waals surface area (Å²) in [5.41, 5.74) is 0.717. The summed E-state index contributed by atoms with van der Waals surface area (Å²) in [6, 6.07) is 15.6. The van der Waals surface area contributed by atoms with Crippen LogP contribution in [0.3, 0.4) is 0 Å². The van der Waals surface area contributed by atoms with E-state index in [1.54, 1.807) is 42.5 Å². The molecular weight excluding hydrogens is 543 g/mol. The van der Waals surface area contributed by atoms with Gasteiger partial charge in [0.2, 0.25) is 17.6 Å². The average molecular weight is 577 g/mol. The minimum absolute atomic E-state index is 0.0232. The van der Waals surface area contributed by atoms with Gasteiger partial charge in [-0.1, -0.05) is 44.2 Å². The van der Waals surface area contributed by atoms with Crippen LogP contribution in [0.1, 0.15) is 41.8 Å². The molecule has 0 radical (unpaired) electrons. The second kappa shape index (κ2) is 13.7. The van der Waals surface area contributed by atoms with E-state index in [1.165, 1.54) is 29.2 Å². The van der Waals surface area contributed by atoms with Crippen molar-refractivity contribution in [3.05, 3.63) is 99.4 Å². The van der Waals surface area contributed by atoms with Gasteiger partial charge in [-0.15, -0.1) is 0 Å². The number of amides is 3.